The van der Waals surface area contributed by atoms with Crippen LogP contribution in [0.25, 0.3) is 11.0 Å². The van der Waals surface area contributed by atoms with Crippen molar-refractivity contribution >= 4 is 16.9 Å². The summed E-state index contributed by atoms with van der Waals surface area (Å²) in [5.41, 5.74) is 7.05. The van der Waals surface area contributed by atoms with E-state index in [1.165, 1.54) is 13.4 Å². The van der Waals surface area contributed by atoms with Crippen LogP contribution in [0, 0.1) is 11.3 Å². The molecule has 0 amide bonds. The highest BCUT2D eigenvalue weighted by molar-refractivity contribution is 5.93. The average Bonchev–Trinajstić information content (AvgIpc) is 2.67. The molecule has 2 heterocycles. The number of nitrogens with two attached hydrogens (primary N) is 1. The van der Waals surface area contributed by atoms with Crippen molar-refractivity contribution in [1.29, 1.82) is 5.26 Å². The van der Waals surface area contributed by atoms with Gasteiger partial charge in [0.25, 0.3) is 0 Å². The van der Waals surface area contributed by atoms with Crippen LogP contribution in [0.4, 0.5) is 5.82 Å². The molecule has 2 rings (SSSR count). The van der Waals surface area contributed by atoms with E-state index in [1.54, 1.807) is 0 Å². The molecule has 2 N–H and O–H groups in total. The van der Waals surface area contributed by atoms with E-state index in [-0.39, 0.29) is 0 Å². The fourth-order valence-corrected chi connectivity index (χ4v) is 1.97. The predicted molar refractivity (Wildman–Crippen MR) is 68.1 cm³/mol. The minimum atomic E-state index is 0.387. The second-order valence-corrected chi connectivity index (χ2v) is 3.96. The molecule has 2 aromatic heterocycles. The summed E-state index contributed by atoms with van der Waals surface area (Å²) in [4.78, 5) is 8.23. The molecule has 0 bridgehead atoms. The normalized spacial score (nSPS) is 10.5. The Morgan fingerprint density at radius 1 is 1.50 bits per heavy atom. The lowest BCUT2D eigenvalue weighted by Crippen LogP contribution is -2.04. The lowest BCUT2D eigenvalue weighted by atomic mass is 10.2. The number of aromatic nitrogens is 3. The quantitative estimate of drug-likeness (QED) is 0.885. The molecular formula is C12H15N5O. The number of ether oxygens (including phenoxy) is 1. The van der Waals surface area contributed by atoms with E-state index < -0.39 is 0 Å². The van der Waals surface area contributed by atoms with Crippen molar-refractivity contribution in [1.82, 2.24) is 14.5 Å². The van der Waals surface area contributed by atoms with Crippen LogP contribution >= 0.6 is 0 Å². The summed E-state index contributed by atoms with van der Waals surface area (Å²) in [7, 11) is 1.52. The van der Waals surface area contributed by atoms with E-state index in [4.69, 9.17) is 10.5 Å². The maximum atomic E-state index is 9.22. The van der Waals surface area contributed by atoms with Gasteiger partial charge in [-0.15, -0.1) is 0 Å². The molecule has 0 aliphatic carbocycles. The highest BCUT2D eigenvalue weighted by Crippen LogP contribution is 2.31. The van der Waals surface area contributed by atoms with Crippen molar-refractivity contribution in [2.24, 2.45) is 0 Å². The van der Waals surface area contributed by atoms with Crippen LogP contribution in [0.3, 0.4) is 0 Å². The van der Waals surface area contributed by atoms with E-state index >= 15 is 0 Å². The fraction of sp³-hybridized carbons (Fsp3) is 0.417. The summed E-state index contributed by atoms with van der Waals surface area (Å²) in [6.07, 6.45) is 3.44. The number of methoxy groups -OCH3 is 1. The molecule has 18 heavy (non-hydrogen) atoms. The number of aryl methyl sites for hydroxylation is 1. The van der Waals surface area contributed by atoms with E-state index in [0.29, 0.717) is 28.3 Å². The second-order valence-electron chi connectivity index (χ2n) is 3.96. The van der Waals surface area contributed by atoms with Crippen molar-refractivity contribution in [2.75, 3.05) is 12.8 Å². The molecule has 94 valence electrons. The zero-order chi connectivity index (χ0) is 13.1. The molecule has 2 aromatic rings. The number of unbranched alkanes of at least 4 members (excludes halogenated alkanes) is 1. The molecular weight excluding hydrogens is 230 g/mol. The van der Waals surface area contributed by atoms with Gasteiger partial charge in [-0.3, -0.25) is 0 Å². The largest absolute Gasteiger partial charge is 0.480 e. The first-order chi connectivity index (χ1) is 8.74. The Kier molecular flexibility index (Phi) is 3.33. The highest BCUT2D eigenvalue weighted by atomic mass is 16.5. The van der Waals surface area contributed by atoms with Gasteiger partial charge in [-0.05, 0) is 6.42 Å². The van der Waals surface area contributed by atoms with Crippen LogP contribution in [0.5, 0.6) is 5.88 Å². The van der Waals surface area contributed by atoms with Gasteiger partial charge in [0.1, 0.15) is 34.8 Å². The average molecular weight is 245 g/mol. The first kappa shape index (κ1) is 12.2. The monoisotopic (exact) mass is 245 g/mol. The molecule has 6 nitrogen and oxygen atoms in total. The SMILES string of the molecule is CCCCn1c(N)c(C#N)c2c(OC)ncnc21. The van der Waals surface area contributed by atoms with Crippen molar-refractivity contribution in [2.45, 2.75) is 26.3 Å². The van der Waals surface area contributed by atoms with E-state index in [2.05, 4.69) is 23.0 Å². The number of hydrogen-bond donors (Lipinski definition) is 1. The van der Waals surface area contributed by atoms with Gasteiger partial charge in [-0.1, -0.05) is 13.3 Å². The van der Waals surface area contributed by atoms with Gasteiger partial charge in [0, 0.05) is 6.54 Å². The van der Waals surface area contributed by atoms with Crippen molar-refractivity contribution in [3.63, 3.8) is 0 Å². The van der Waals surface area contributed by atoms with E-state index in [0.717, 1.165) is 19.4 Å². The van der Waals surface area contributed by atoms with Crippen molar-refractivity contribution in [3.8, 4) is 11.9 Å². The Balaban J connectivity index is 2.73. The van der Waals surface area contributed by atoms with Crippen molar-refractivity contribution < 1.29 is 4.74 Å². The van der Waals surface area contributed by atoms with Gasteiger partial charge < -0.3 is 15.0 Å². The summed E-state index contributed by atoms with van der Waals surface area (Å²) < 4.78 is 7.02. The number of nitrogens with zero attached hydrogens (tertiary/aromatic N) is 4. The number of nitrogen functional groups attached to an aromatic ring is 1. The Bertz CT molecular complexity index is 611. The Morgan fingerprint density at radius 3 is 2.89 bits per heavy atom. The van der Waals surface area contributed by atoms with Gasteiger partial charge in [0.2, 0.25) is 5.88 Å². The maximum absolute atomic E-state index is 9.22. The van der Waals surface area contributed by atoms with Gasteiger partial charge in [-0.25, -0.2) is 9.97 Å². The third kappa shape index (κ3) is 1.74. The summed E-state index contributed by atoms with van der Waals surface area (Å²) in [6, 6.07) is 2.10. The molecule has 0 saturated heterocycles. The minimum absolute atomic E-state index is 0.387. The predicted octanol–water partition coefficient (Wildman–Crippen LogP) is 1.69. The van der Waals surface area contributed by atoms with E-state index in [1.807, 2.05) is 4.57 Å². The maximum Gasteiger partial charge on any atom is 0.227 e. The molecule has 0 radical (unpaired) electrons. The number of fused-ring (bicyclic) bond motifs is 1. The summed E-state index contributed by atoms with van der Waals surface area (Å²) in [5, 5.41) is 9.81. The standard InChI is InChI=1S/C12H15N5O/c1-3-4-5-17-10(14)8(6-13)9-11(17)15-7-16-12(9)18-2/h7H,3-5,14H2,1-2H3. The zero-order valence-corrected chi connectivity index (χ0v) is 10.5. The smallest absolute Gasteiger partial charge is 0.227 e. The lowest BCUT2D eigenvalue weighted by Gasteiger charge is -2.05. The summed E-state index contributed by atoms with van der Waals surface area (Å²) >= 11 is 0. The Labute approximate surface area is 105 Å². The third-order valence-electron chi connectivity index (χ3n) is 2.89. The second kappa shape index (κ2) is 4.92. The van der Waals surface area contributed by atoms with Gasteiger partial charge in [0.15, 0.2) is 0 Å². The molecule has 0 spiro atoms. The molecule has 0 saturated carbocycles. The Morgan fingerprint density at radius 2 is 2.28 bits per heavy atom. The van der Waals surface area contributed by atoms with Crippen LogP contribution in [-0.4, -0.2) is 21.6 Å². The first-order valence-electron chi connectivity index (χ1n) is 5.81. The van der Waals surface area contributed by atoms with Crippen LogP contribution in [-0.2, 0) is 6.54 Å². The van der Waals surface area contributed by atoms with Crippen LogP contribution in [0.1, 0.15) is 25.3 Å². The Hall–Kier alpha value is -2.29. The van der Waals surface area contributed by atoms with Crippen LogP contribution in [0.2, 0.25) is 0 Å². The summed E-state index contributed by atoms with van der Waals surface area (Å²) in [6.45, 7) is 2.84. The highest BCUT2D eigenvalue weighted by Gasteiger charge is 2.19. The van der Waals surface area contributed by atoms with Gasteiger partial charge >= 0.3 is 0 Å². The molecule has 6 heteroatoms. The van der Waals surface area contributed by atoms with Crippen LogP contribution < -0.4 is 10.5 Å². The topological polar surface area (TPSA) is 89.8 Å². The molecule has 0 fully saturated rings. The molecule has 0 unspecified atom stereocenters. The molecule has 0 aliphatic heterocycles. The fourth-order valence-electron chi connectivity index (χ4n) is 1.97. The number of anilines is 1. The number of rotatable bonds is 4. The number of hydrogen-bond acceptors (Lipinski definition) is 5. The lowest BCUT2D eigenvalue weighted by molar-refractivity contribution is 0.402. The zero-order valence-electron chi connectivity index (χ0n) is 10.5. The van der Waals surface area contributed by atoms with Gasteiger partial charge in [-0.2, -0.15) is 5.26 Å². The van der Waals surface area contributed by atoms with Crippen LogP contribution in [0.15, 0.2) is 6.33 Å². The molecule has 0 atom stereocenters. The van der Waals surface area contributed by atoms with E-state index in [9.17, 15) is 5.26 Å². The minimum Gasteiger partial charge on any atom is -0.480 e. The van der Waals surface area contributed by atoms with Gasteiger partial charge in [0.05, 0.1) is 7.11 Å². The third-order valence-corrected chi connectivity index (χ3v) is 2.89. The molecule has 0 aliphatic rings. The van der Waals surface area contributed by atoms with Crippen molar-refractivity contribution in [3.05, 3.63) is 11.9 Å². The first-order valence-corrected chi connectivity index (χ1v) is 5.81. The number of nitriles is 1. The summed E-state index contributed by atoms with van der Waals surface area (Å²) in [5.74, 6) is 0.818. The molecule has 0 aromatic carbocycles.